The van der Waals surface area contributed by atoms with E-state index in [1.54, 1.807) is 23.7 Å². The number of aromatic nitrogens is 2. The molecule has 2 aromatic rings. The molecule has 1 fully saturated rings. The third-order valence-corrected chi connectivity index (χ3v) is 5.87. The van der Waals surface area contributed by atoms with E-state index in [4.69, 9.17) is 9.84 Å². The summed E-state index contributed by atoms with van der Waals surface area (Å²) in [5.74, 6) is 0.829. The van der Waals surface area contributed by atoms with Gasteiger partial charge in [0, 0.05) is 46.0 Å². The molecule has 0 bridgehead atoms. The molecular weight excluding hydrogens is 432 g/mol. The average Bonchev–Trinajstić information content (AvgIpc) is 3.20. The van der Waals surface area contributed by atoms with Crippen molar-refractivity contribution in [1.82, 2.24) is 19.9 Å². The van der Waals surface area contributed by atoms with Gasteiger partial charge in [-0.3, -0.25) is 4.79 Å². The number of aryl methyl sites for hydroxylation is 1. The van der Waals surface area contributed by atoms with Crippen molar-refractivity contribution in [2.45, 2.75) is 13.3 Å². The molecule has 0 spiro atoms. The fourth-order valence-electron chi connectivity index (χ4n) is 4.09. The summed E-state index contributed by atoms with van der Waals surface area (Å²) in [7, 11) is 3.49. The van der Waals surface area contributed by atoms with Gasteiger partial charge in [0.15, 0.2) is 0 Å². The number of carbonyl (C=O) groups is 1. The Morgan fingerprint density at radius 3 is 2.71 bits per heavy atom. The van der Waals surface area contributed by atoms with Crippen LogP contribution in [0.3, 0.4) is 0 Å². The zero-order valence-corrected chi connectivity index (χ0v) is 20.0. The summed E-state index contributed by atoms with van der Waals surface area (Å²) in [6.45, 7) is 10.6. The van der Waals surface area contributed by atoms with E-state index in [-0.39, 0.29) is 5.91 Å². The molecule has 2 aliphatic rings. The zero-order chi connectivity index (χ0) is 24.1. The SMILES string of the molecule is C=N/C(=N\n1c(C)cc(C(=O)N(C)C)c1C1=CCOCC1)Nc1ccc(N2CCNCC2)cn1. The van der Waals surface area contributed by atoms with Gasteiger partial charge in [-0.05, 0) is 43.8 Å². The van der Waals surface area contributed by atoms with E-state index in [2.05, 4.69) is 32.2 Å². The van der Waals surface area contributed by atoms with E-state index in [0.29, 0.717) is 37.0 Å². The second-order valence-electron chi connectivity index (χ2n) is 8.46. The fraction of sp³-hybridized carbons (Fsp3) is 0.417. The molecule has 34 heavy (non-hydrogen) atoms. The number of nitrogens with one attached hydrogen (secondary N) is 2. The number of carbonyl (C=O) groups excluding carboxylic acids is 1. The number of nitrogens with zero attached hydrogens (tertiary/aromatic N) is 6. The lowest BCUT2D eigenvalue weighted by molar-refractivity contribution is 0.0827. The highest BCUT2D eigenvalue weighted by atomic mass is 16.5. The fourth-order valence-corrected chi connectivity index (χ4v) is 4.09. The van der Waals surface area contributed by atoms with Gasteiger partial charge in [-0.25, -0.2) is 14.7 Å². The molecule has 1 saturated heterocycles. The van der Waals surface area contributed by atoms with Gasteiger partial charge in [0.25, 0.3) is 5.91 Å². The molecule has 180 valence electrons. The normalized spacial score (nSPS) is 16.7. The van der Waals surface area contributed by atoms with Gasteiger partial charge < -0.3 is 25.2 Å². The molecule has 0 aromatic carbocycles. The minimum Gasteiger partial charge on any atom is -0.377 e. The molecule has 10 heteroatoms. The number of anilines is 2. The third-order valence-electron chi connectivity index (χ3n) is 5.87. The average molecular weight is 465 g/mol. The Bertz CT molecular complexity index is 1090. The molecule has 0 aliphatic carbocycles. The number of rotatable bonds is 5. The Morgan fingerprint density at radius 2 is 2.09 bits per heavy atom. The lowest BCUT2D eigenvalue weighted by atomic mass is 10.0. The van der Waals surface area contributed by atoms with Crippen molar-refractivity contribution in [2.75, 3.05) is 63.7 Å². The summed E-state index contributed by atoms with van der Waals surface area (Å²) in [6.07, 6.45) is 4.55. The van der Waals surface area contributed by atoms with Crippen LogP contribution in [0.15, 0.2) is 40.6 Å². The van der Waals surface area contributed by atoms with E-state index in [1.165, 1.54) is 0 Å². The monoisotopic (exact) mass is 464 g/mol. The molecule has 10 nitrogen and oxygen atoms in total. The Kier molecular flexibility index (Phi) is 7.39. The van der Waals surface area contributed by atoms with Crippen LogP contribution in [0, 0.1) is 6.92 Å². The molecule has 0 unspecified atom stereocenters. The Labute approximate surface area is 200 Å². The summed E-state index contributed by atoms with van der Waals surface area (Å²) in [5, 5.41) is 11.2. The number of amides is 1. The smallest absolute Gasteiger partial charge is 0.255 e. The topological polar surface area (TPSA) is 99.4 Å². The summed E-state index contributed by atoms with van der Waals surface area (Å²) < 4.78 is 7.23. The van der Waals surface area contributed by atoms with Crippen LogP contribution >= 0.6 is 0 Å². The minimum absolute atomic E-state index is 0.0781. The van der Waals surface area contributed by atoms with Crippen molar-refractivity contribution >= 4 is 35.7 Å². The number of ether oxygens (including phenoxy) is 1. The van der Waals surface area contributed by atoms with Crippen LogP contribution < -0.4 is 15.5 Å². The number of piperazine rings is 1. The molecule has 2 N–H and O–H groups in total. The summed E-state index contributed by atoms with van der Waals surface area (Å²) in [5.41, 5.74) is 4.28. The predicted molar refractivity (Wildman–Crippen MR) is 136 cm³/mol. The highest BCUT2D eigenvalue weighted by Gasteiger charge is 2.24. The molecule has 2 aromatic heterocycles. The van der Waals surface area contributed by atoms with Crippen molar-refractivity contribution in [3.8, 4) is 0 Å². The molecular formula is C24H32N8O2. The second-order valence-corrected chi connectivity index (χ2v) is 8.46. The van der Waals surface area contributed by atoms with Crippen molar-refractivity contribution in [3.63, 3.8) is 0 Å². The van der Waals surface area contributed by atoms with Crippen LogP contribution in [0.5, 0.6) is 0 Å². The van der Waals surface area contributed by atoms with Gasteiger partial charge in [-0.2, -0.15) is 0 Å². The van der Waals surface area contributed by atoms with Crippen LogP contribution in [-0.2, 0) is 4.74 Å². The highest BCUT2D eigenvalue weighted by Crippen LogP contribution is 2.29. The van der Waals surface area contributed by atoms with Gasteiger partial charge in [-0.1, -0.05) is 6.08 Å². The Hall–Kier alpha value is -3.50. The van der Waals surface area contributed by atoms with Gasteiger partial charge in [-0.15, -0.1) is 5.10 Å². The first-order valence-corrected chi connectivity index (χ1v) is 11.4. The first-order chi connectivity index (χ1) is 16.5. The predicted octanol–water partition coefficient (Wildman–Crippen LogP) is 2.04. The minimum atomic E-state index is -0.0781. The molecule has 1 amide bonds. The largest absolute Gasteiger partial charge is 0.377 e. The van der Waals surface area contributed by atoms with E-state index < -0.39 is 0 Å². The van der Waals surface area contributed by atoms with Gasteiger partial charge in [0.1, 0.15) is 5.82 Å². The first kappa shape index (κ1) is 23.7. The zero-order valence-electron chi connectivity index (χ0n) is 20.0. The number of pyridine rings is 1. The standard InChI is InChI=1S/C24H32N8O2/c1-17-15-20(23(33)30(3)4)22(18-7-13-34-14-8-18)32(17)29-24(25-2)28-21-6-5-19(16-27-21)31-11-9-26-10-12-31/h5-7,15-16,26H,2,8-14H2,1,3-4H3,(H,27,28,29). The Balaban J connectivity index is 1.64. The molecule has 0 saturated carbocycles. The maximum absolute atomic E-state index is 12.9. The lowest BCUT2D eigenvalue weighted by Crippen LogP contribution is -2.43. The quantitative estimate of drug-likeness (QED) is 0.519. The van der Waals surface area contributed by atoms with Crippen molar-refractivity contribution in [3.05, 3.63) is 47.4 Å². The van der Waals surface area contributed by atoms with Crippen LogP contribution in [0.1, 0.15) is 28.2 Å². The molecule has 4 rings (SSSR count). The second kappa shape index (κ2) is 10.6. The Morgan fingerprint density at radius 1 is 1.29 bits per heavy atom. The first-order valence-electron chi connectivity index (χ1n) is 11.4. The van der Waals surface area contributed by atoms with Gasteiger partial charge in [0.2, 0.25) is 5.96 Å². The van der Waals surface area contributed by atoms with E-state index in [9.17, 15) is 4.79 Å². The number of hydrogen-bond acceptors (Lipinski definition) is 6. The van der Waals surface area contributed by atoms with E-state index in [1.807, 2.05) is 37.4 Å². The van der Waals surface area contributed by atoms with Crippen molar-refractivity contribution in [2.24, 2.45) is 10.1 Å². The van der Waals surface area contributed by atoms with Crippen LogP contribution in [0.25, 0.3) is 5.57 Å². The van der Waals surface area contributed by atoms with E-state index in [0.717, 1.165) is 48.8 Å². The van der Waals surface area contributed by atoms with Crippen molar-refractivity contribution in [1.29, 1.82) is 0 Å². The number of aliphatic imine (C=N–C) groups is 1. The molecule has 4 heterocycles. The summed E-state index contributed by atoms with van der Waals surface area (Å²) in [4.78, 5) is 25.4. The summed E-state index contributed by atoms with van der Waals surface area (Å²) >= 11 is 0. The maximum Gasteiger partial charge on any atom is 0.255 e. The lowest BCUT2D eigenvalue weighted by Gasteiger charge is -2.29. The third kappa shape index (κ3) is 5.18. The number of hydrogen-bond donors (Lipinski definition) is 2. The molecule has 2 aliphatic heterocycles. The number of guanidine groups is 1. The highest BCUT2D eigenvalue weighted by molar-refractivity contribution is 6.00. The van der Waals surface area contributed by atoms with E-state index >= 15 is 0 Å². The van der Waals surface area contributed by atoms with Gasteiger partial charge in [0.05, 0.1) is 36.4 Å². The molecule has 0 radical (unpaired) electrons. The van der Waals surface area contributed by atoms with Gasteiger partial charge >= 0.3 is 0 Å². The summed E-state index contributed by atoms with van der Waals surface area (Å²) in [6, 6.07) is 5.80. The van der Waals surface area contributed by atoms with Crippen LogP contribution in [-0.4, -0.2) is 86.6 Å². The van der Waals surface area contributed by atoms with Crippen LogP contribution in [0.2, 0.25) is 0 Å². The maximum atomic E-state index is 12.9. The van der Waals surface area contributed by atoms with Crippen molar-refractivity contribution < 1.29 is 9.53 Å². The van der Waals surface area contributed by atoms with Crippen LogP contribution in [0.4, 0.5) is 11.5 Å². The molecule has 0 atom stereocenters.